The third-order valence-corrected chi connectivity index (χ3v) is 2.54. The van der Waals surface area contributed by atoms with Gasteiger partial charge in [-0.25, -0.2) is 9.97 Å². The predicted octanol–water partition coefficient (Wildman–Crippen LogP) is 3.13. The van der Waals surface area contributed by atoms with Gasteiger partial charge in [-0.3, -0.25) is 0 Å². The highest BCUT2D eigenvalue weighted by Gasteiger charge is 2.31. The minimum absolute atomic E-state index is 0.0892. The second kappa shape index (κ2) is 5.48. The number of hydrogen-bond donors (Lipinski definition) is 2. The maximum absolute atomic E-state index is 12.6. The molecule has 0 saturated heterocycles. The molecule has 4 nitrogen and oxygen atoms in total. The van der Waals surface area contributed by atoms with Gasteiger partial charge >= 0.3 is 6.18 Å². The molecule has 0 fully saturated rings. The lowest BCUT2D eigenvalue weighted by atomic mass is 10.2. The normalized spacial score (nSPS) is 11.6. The lowest BCUT2D eigenvalue weighted by Crippen LogP contribution is -2.10. The van der Waals surface area contributed by atoms with Gasteiger partial charge < -0.3 is 10.3 Å². The third kappa shape index (κ3) is 3.85. The van der Waals surface area contributed by atoms with E-state index in [9.17, 15) is 13.2 Å². The van der Waals surface area contributed by atoms with Crippen LogP contribution in [0.1, 0.15) is 11.4 Å². The highest BCUT2D eigenvalue weighted by molar-refractivity contribution is 6.29. The molecule has 0 radical (unpaired) electrons. The largest absolute Gasteiger partial charge is 0.416 e. The molecule has 2 aromatic heterocycles. The Morgan fingerprint density at radius 3 is 2.74 bits per heavy atom. The standard InChI is InChI=1S/C11H10ClF3N4/c12-8-5-7(11(13,14)15)6-10(19-8)16-2-1-9-17-3-4-18-9/h3-6H,1-2H2,(H,16,19)(H,17,18). The summed E-state index contributed by atoms with van der Waals surface area (Å²) in [6, 6.07) is 1.72. The number of imidazole rings is 1. The summed E-state index contributed by atoms with van der Waals surface area (Å²) in [5.74, 6) is 0.831. The molecule has 2 aromatic rings. The van der Waals surface area contributed by atoms with E-state index >= 15 is 0 Å². The van der Waals surface area contributed by atoms with E-state index in [-0.39, 0.29) is 11.0 Å². The quantitative estimate of drug-likeness (QED) is 0.851. The van der Waals surface area contributed by atoms with E-state index < -0.39 is 11.7 Å². The fraction of sp³-hybridized carbons (Fsp3) is 0.273. The van der Waals surface area contributed by atoms with Crippen molar-refractivity contribution in [1.29, 1.82) is 0 Å². The summed E-state index contributed by atoms with van der Waals surface area (Å²) in [5, 5.41) is 2.58. The Morgan fingerprint density at radius 1 is 1.32 bits per heavy atom. The Morgan fingerprint density at radius 2 is 2.11 bits per heavy atom. The average molecular weight is 291 g/mol. The van der Waals surface area contributed by atoms with E-state index in [1.165, 1.54) is 0 Å². The number of hydrogen-bond acceptors (Lipinski definition) is 3. The van der Waals surface area contributed by atoms with E-state index in [1.54, 1.807) is 12.4 Å². The van der Waals surface area contributed by atoms with Crippen LogP contribution in [0.3, 0.4) is 0 Å². The van der Waals surface area contributed by atoms with Gasteiger partial charge in [-0.05, 0) is 12.1 Å². The summed E-state index contributed by atoms with van der Waals surface area (Å²) in [7, 11) is 0. The molecule has 2 rings (SSSR count). The van der Waals surface area contributed by atoms with Crippen molar-refractivity contribution >= 4 is 17.4 Å². The zero-order valence-corrected chi connectivity index (χ0v) is 10.4. The van der Waals surface area contributed by atoms with Crippen LogP contribution in [0.2, 0.25) is 5.15 Å². The number of nitrogens with one attached hydrogen (secondary N) is 2. The molecule has 2 N–H and O–H groups in total. The highest BCUT2D eigenvalue weighted by Crippen LogP contribution is 2.31. The van der Waals surface area contributed by atoms with E-state index in [2.05, 4.69) is 20.3 Å². The van der Waals surface area contributed by atoms with Crippen molar-refractivity contribution in [3.8, 4) is 0 Å². The number of aromatic nitrogens is 3. The van der Waals surface area contributed by atoms with Gasteiger partial charge in [0.1, 0.15) is 16.8 Å². The Labute approximate surface area is 112 Å². The molecule has 0 aliphatic heterocycles. The topological polar surface area (TPSA) is 53.6 Å². The Kier molecular flexibility index (Phi) is 3.94. The maximum atomic E-state index is 12.6. The van der Waals surface area contributed by atoms with Crippen molar-refractivity contribution in [2.75, 3.05) is 11.9 Å². The van der Waals surface area contributed by atoms with Crippen LogP contribution in [-0.4, -0.2) is 21.5 Å². The first kappa shape index (κ1) is 13.7. The molecule has 0 spiro atoms. The summed E-state index contributed by atoms with van der Waals surface area (Å²) in [6.07, 6.45) is -0.615. The zero-order chi connectivity index (χ0) is 13.9. The SMILES string of the molecule is FC(F)(F)c1cc(Cl)nc(NCCc2ncc[nH]2)c1. The van der Waals surface area contributed by atoms with Crippen molar-refractivity contribution in [2.24, 2.45) is 0 Å². The molecule has 0 amide bonds. The summed E-state index contributed by atoms with van der Waals surface area (Å²) < 4.78 is 37.7. The van der Waals surface area contributed by atoms with Gasteiger partial charge in [0.15, 0.2) is 0 Å². The fourth-order valence-electron chi connectivity index (χ4n) is 1.49. The molecule has 0 aliphatic carbocycles. The molecule has 2 heterocycles. The Hall–Kier alpha value is -1.76. The third-order valence-electron chi connectivity index (χ3n) is 2.34. The predicted molar refractivity (Wildman–Crippen MR) is 65.0 cm³/mol. The van der Waals surface area contributed by atoms with Crippen LogP contribution in [0.5, 0.6) is 0 Å². The monoisotopic (exact) mass is 290 g/mol. The summed E-state index contributed by atoms with van der Waals surface area (Å²) in [6.45, 7) is 0.401. The van der Waals surface area contributed by atoms with Gasteiger partial charge in [-0.15, -0.1) is 0 Å². The van der Waals surface area contributed by atoms with Crippen LogP contribution in [-0.2, 0) is 12.6 Å². The first-order valence-electron chi connectivity index (χ1n) is 5.42. The Balaban J connectivity index is 2.02. The van der Waals surface area contributed by atoms with Crippen molar-refractivity contribution in [1.82, 2.24) is 15.0 Å². The minimum Gasteiger partial charge on any atom is -0.370 e. The van der Waals surface area contributed by atoms with Gasteiger partial charge in [-0.2, -0.15) is 13.2 Å². The molecule has 19 heavy (non-hydrogen) atoms. The molecule has 0 aromatic carbocycles. The number of H-pyrrole nitrogens is 1. The molecular formula is C11H10ClF3N4. The average Bonchev–Trinajstić information content (AvgIpc) is 2.80. The lowest BCUT2D eigenvalue weighted by molar-refractivity contribution is -0.137. The van der Waals surface area contributed by atoms with E-state index in [0.717, 1.165) is 18.0 Å². The molecule has 0 aliphatic rings. The number of alkyl halides is 3. The van der Waals surface area contributed by atoms with Crippen LogP contribution in [0.15, 0.2) is 24.5 Å². The lowest BCUT2D eigenvalue weighted by Gasteiger charge is -2.10. The number of halogens is 4. The second-order valence-corrected chi connectivity index (χ2v) is 4.16. The summed E-state index contributed by atoms with van der Waals surface area (Å²) >= 11 is 5.56. The molecule has 8 heteroatoms. The molecule has 102 valence electrons. The molecule has 0 saturated carbocycles. The van der Waals surface area contributed by atoms with Gasteiger partial charge in [0.05, 0.1) is 5.56 Å². The van der Waals surface area contributed by atoms with Gasteiger partial charge in [-0.1, -0.05) is 11.6 Å². The van der Waals surface area contributed by atoms with Crippen molar-refractivity contribution < 1.29 is 13.2 Å². The summed E-state index contributed by atoms with van der Waals surface area (Å²) in [4.78, 5) is 10.7. The van der Waals surface area contributed by atoms with Crippen LogP contribution in [0.25, 0.3) is 0 Å². The van der Waals surface area contributed by atoms with Crippen LogP contribution >= 0.6 is 11.6 Å². The van der Waals surface area contributed by atoms with E-state index in [0.29, 0.717) is 13.0 Å². The van der Waals surface area contributed by atoms with Crippen molar-refractivity contribution in [3.63, 3.8) is 0 Å². The van der Waals surface area contributed by atoms with Crippen molar-refractivity contribution in [2.45, 2.75) is 12.6 Å². The number of aromatic amines is 1. The van der Waals surface area contributed by atoms with E-state index in [4.69, 9.17) is 11.6 Å². The first-order chi connectivity index (χ1) is 8.95. The number of rotatable bonds is 4. The minimum atomic E-state index is -4.44. The summed E-state index contributed by atoms with van der Waals surface area (Å²) in [5.41, 5.74) is -0.826. The van der Waals surface area contributed by atoms with Crippen LogP contribution < -0.4 is 5.32 Å². The molecular weight excluding hydrogens is 281 g/mol. The molecule has 0 unspecified atom stereocenters. The fourth-order valence-corrected chi connectivity index (χ4v) is 1.70. The zero-order valence-electron chi connectivity index (χ0n) is 9.63. The number of pyridine rings is 1. The van der Waals surface area contributed by atoms with Gasteiger partial charge in [0, 0.05) is 25.4 Å². The van der Waals surface area contributed by atoms with E-state index in [1.807, 2.05) is 0 Å². The van der Waals surface area contributed by atoms with Crippen LogP contribution in [0.4, 0.5) is 19.0 Å². The Bertz CT molecular complexity index is 539. The smallest absolute Gasteiger partial charge is 0.370 e. The van der Waals surface area contributed by atoms with Gasteiger partial charge in [0.2, 0.25) is 0 Å². The maximum Gasteiger partial charge on any atom is 0.416 e. The van der Waals surface area contributed by atoms with Crippen molar-refractivity contribution in [3.05, 3.63) is 41.1 Å². The van der Waals surface area contributed by atoms with Gasteiger partial charge in [0.25, 0.3) is 0 Å². The highest BCUT2D eigenvalue weighted by atomic mass is 35.5. The van der Waals surface area contributed by atoms with Crippen LogP contribution in [0, 0.1) is 0 Å². The first-order valence-corrected chi connectivity index (χ1v) is 5.80. The molecule has 0 bridgehead atoms. The molecule has 0 atom stereocenters. The second-order valence-electron chi connectivity index (χ2n) is 3.77. The number of nitrogens with zero attached hydrogens (tertiary/aromatic N) is 2. The number of anilines is 1.